The van der Waals surface area contributed by atoms with E-state index in [4.69, 9.17) is 0 Å². The number of carbonyl (C=O) groups excluding carboxylic acids is 2. The van der Waals surface area contributed by atoms with Crippen LogP contribution in [-0.4, -0.2) is 23.3 Å². The van der Waals surface area contributed by atoms with Crippen molar-refractivity contribution in [2.24, 2.45) is 0 Å². The largest absolute Gasteiger partial charge is 0.275 e. The summed E-state index contributed by atoms with van der Waals surface area (Å²) in [5, 5.41) is 0. The van der Waals surface area contributed by atoms with Crippen molar-refractivity contribution in [3.05, 3.63) is 12.2 Å². The normalized spacial score (nSPS) is 14.5. The minimum Gasteiger partial charge on any atom is -0.275 e. The van der Waals surface area contributed by atoms with Crippen LogP contribution >= 0.6 is 0 Å². The smallest absolute Gasteiger partial charge is 0.253 e. The molecule has 13 heavy (non-hydrogen) atoms. The van der Waals surface area contributed by atoms with Gasteiger partial charge in [0.25, 0.3) is 11.8 Å². The first-order chi connectivity index (χ1) is 6.17. The van der Waals surface area contributed by atoms with Crippen LogP contribution in [0.4, 0.5) is 0 Å². The molecule has 0 saturated carbocycles. The average Bonchev–Trinajstić information content (AvgIpc) is 2.38. The molecule has 0 N–H and O–H groups in total. The van der Waals surface area contributed by atoms with Crippen molar-refractivity contribution >= 4 is 11.8 Å². The van der Waals surface area contributed by atoms with Crippen molar-refractivity contribution in [2.45, 2.75) is 33.6 Å². The molecule has 2 amide bonds. The molecule has 0 aromatic heterocycles. The number of hydrogen-bond donors (Lipinski definition) is 0. The SMILES string of the molecule is CCC.CCCN1C(=O)C=CC1=O. The van der Waals surface area contributed by atoms with Crippen LogP contribution < -0.4 is 0 Å². The van der Waals surface area contributed by atoms with E-state index in [0.717, 1.165) is 6.42 Å². The van der Waals surface area contributed by atoms with Gasteiger partial charge in [0.05, 0.1) is 0 Å². The molecule has 3 nitrogen and oxygen atoms in total. The van der Waals surface area contributed by atoms with Crippen LogP contribution in [0.1, 0.15) is 33.6 Å². The summed E-state index contributed by atoms with van der Waals surface area (Å²) < 4.78 is 0. The second-order valence-electron chi connectivity index (χ2n) is 2.87. The fourth-order valence-corrected chi connectivity index (χ4v) is 0.875. The highest BCUT2D eigenvalue weighted by atomic mass is 16.2. The Hall–Kier alpha value is -1.12. The fourth-order valence-electron chi connectivity index (χ4n) is 0.875. The van der Waals surface area contributed by atoms with Gasteiger partial charge in [-0.3, -0.25) is 14.5 Å². The van der Waals surface area contributed by atoms with Gasteiger partial charge in [-0.1, -0.05) is 27.2 Å². The summed E-state index contributed by atoms with van der Waals surface area (Å²) in [6.07, 6.45) is 4.68. The molecule has 0 aromatic rings. The zero-order chi connectivity index (χ0) is 10.3. The van der Waals surface area contributed by atoms with Crippen molar-refractivity contribution in [3.63, 3.8) is 0 Å². The maximum absolute atomic E-state index is 10.8. The molecule has 0 fully saturated rings. The average molecular weight is 183 g/mol. The Balaban J connectivity index is 0.000000424. The number of rotatable bonds is 2. The number of imide groups is 1. The molecule has 0 aromatic carbocycles. The van der Waals surface area contributed by atoms with Crippen molar-refractivity contribution in [2.75, 3.05) is 6.54 Å². The van der Waals surface area contributed by atoms with Crippen molar-refractivity contribution < 1.29 is 9.59 Å². The number of nitrogens with zero attached hydrogens (tertiary/aromatic N) is 1. The van der Waals surface area contributed by atoms with Crippen LogP contribution in [0.15, 0.2) is 12.2 Å². The molecule has 1 heterocycles. The Bertz CT molecular complexity index is 191. The van der Waals surface area contributed by atoms with E-state index in [0.29, 0.717) is 6.54 Å². The highest BCUT2D eigenvalue weighted by Gasteiger charge is 2.21. The van der Waals surface area contributed by atoms with Gasteiger partial charge in [-0.05, 0) is 6.42 Å². The molecule has 0 unspecified atom stereocenters. The van der Waals surface area contributed by atoms with Crippen LogP contribution in [0.5, 0.6) is 0 Å². The lowest BCUT2D eigenvalue weighted by molar-refractivity contribution is -0.136. The van der Waals surface area contributed by atoms with E-state index < -0.39 is 0 Å². The third kappa shape index (κ3) is 3.87. The summed E-state index contributed by atoms with van der Waals surface area (Å²) in [5.41, 5.74) is 0. The molecule has 0 aliphatic carbocycles. The highest BCUT2D eigenvalue weighted by Crippen LogP contribution is 2.02. The van der Waals surface area contributed by atoms with E-state index in [-0.39, 0.29) is 11.8 Å². The lowest BCUT2D eigenvalue weighted by Crippen LogP contribution is -2.30. The van der Waals surface area contributed by atoms with Crippen LogP contribution in [0.2, 0.25) is 0 Å². The second kappa shape index (κ2) is 6.40. The molecule has 0 saturated heterocycles. The quantitative estimate of drug-likeness (QED) is 0.611. The summed E-state index contributed by atoms with van der Waals surface area (Å²) >= 11 is 0. The summed E-state index contributed by atoms with van der Waals surface area (Å²) in [5.74, 6) is -0.376. The lowest BCUT2D eigenvalue weighted by Gasteiger charge is -2.10. The van der Waals surface area contributed by atoms with Gasteiger partial charge in [0.2, 0.25) is 0 Å². The Labute approximate surface area is 79.4 Å². The van der Waals surface area contributed by atoms with Gasteiger partial charge in [0.1, 0.15) is 0 Å². The molecule has 0 radical (unpaired) electrons. The first-order valence-corrected chi connectivity index (χ1v) is 4.70. The number of hydrogen-bond acceptors (Lipinski definition) is 2. The number of amides is 2. The second-order valence-corrected chi connectivity index (χ2v) is 2.87. The monoisotopic (exact) mass is 183 g/mol. The van der Waals surface area contributed by atoms with Gasteiger partial charge < -0.3 is 0 Å². The predicted octanol–water partition coefficient (Wildman–Crippen LogP) is 1.74. The molecular formula is C10H17NO2. The van der Waals surface area contributed by atoms with Gasteiger partial charge >= 0.3 is 0 Å². The van der Waals surface area contributed by atoms with Crippen LogP contribution in [-0.2, 0) is 9.59 Å². The molecule has 1 aliphatic rings. The molecule has 0 bridgehead atoms. The van der Waals surface area contributed by atoms with Crippen LogP contribution in [0.25, 0.3) is 0 Å². The number of carbonyl (C=O) groups is 2. The Kier molecular flexibility index (Phi) is 5.85. The summed E-state index contributed by atoms with van der Waals surface area (Å²) in [7, 11) is 0. The standard InChI is InChI=1S/C7H9NO2.C3H8/c1-2-5-8-6(9)3-4-7(8)10;1-3-2/h3-4H,2,5H2,1H3;3H2,1-2H3. The molecule has 0 spiro atoms. The maximum atomic E-state index is 10.8. The van der Waals surface area contributed by atoms with Crippen LogP contribution in [0, 0.1) is 0 Å². The molecule has 3 heteroatoms. The minimum absolute atomic E-state index is 0.188. The van der Waals surface area contributed by atoms with Gasteiger partial charge in [-0.15, -0.1) is 0 Å². The molecule has 74 valence electrons. The summed E-state index contributed by atoms with van der Waals surface area (Å²) in [6, 6.07) is 0. The van der Waals surface area contributed by atoms with Crippen LogP contribution in [0.3, 0.4) is 0 Å². The van der Waals surface area contributed by atoms with E-state index in [1.165, 1.54) is 23.5 Å². The third-order valence-electron chi connectivity index (χ3n) is 1.35. The summed E-state index contributed by atoms with van der Waals surface area (Å²) in [4.78, 5) is 22.8. The van der Waals surface area contributed by atoms with Gasteiger partial charge in [-0.2, -0.15) is 0 Å². The highest BCUT2D eigenvalue weighted by molar-refractivity contribution is 6.12. The van der Waals surface area contributed by atoms with Gasteiger partial charge in [0, 0.05) is 18.7 Å². The Morgan fingerprint density at radius 2 is 1.46 bits per heavy atom. The van der Waals surface area contributed by atoms with Crippen molar-refractivity contribution in [1.29, 1.82) is 0 Å². The van der Waals surface area contributed by atoms with E-state index >= 15 is 0 Å². The predicted molar refractivity (Wildman–Crippen MR) is 52.1 cm³/mol. The Morgan fingerprint density at radius 1 is 1.08 bits per heavy atom. The maximum Gasteiger partial charge on any atom is 0.253 e. The first-order valence-electron chi connectivity index (χ1n) is 4.70. The zero-order valence-corrected chi connectivity index (χ0v) is 8.54. The first kappa shape index (κ1) is 11.9. The van der Waals surface area contributed by atoms with E-state index in [1.807, 2.05) is 6.92 Å². The lowest BCUT2D eigenvalue weighted by atomic mass is 10.4. The third-order valence-corrected chi connectivity index (χ3v) is 1.35. The van der Waals surface area contributed by atoms with Crippen molar-refractivity contribution in [1.82, 2.24) is 4.90 Å². The van der Waals surface area contributed by atoms with Gasteiger partial charge in [-0.25, -0.2) is 0 Å². The van der Waals surface area contributed by atoms with Gasteiger partial charge in [0.15, 0.2) is 0 Å². The topological polar surface area (TPSA) is 37.4 Å². The molecular weight excluding hydrogens is 166 g/mol. The van der Waals surface area contributed by atoms with E-state index in [1.54, 1.807) is 0 Å². The van der Waals surface area contributed by atoms with E-state index in [2.05, 4.69) is 13.8 Å². The molecule has 0 atom stereocenters. The Morgan fingerprint density at radius 3 is 1.77 bits per heavy atom. The molecule has 1 aliphatic heterocycles. The molecule has 1 rings (SSSR count). The minimum atomic E-state index is -0.188. The summed E-state index contributed by atoms with van der Waals surface area (Å²) in [6.45, 7) is 6.71. The fraction of sp³-hybridized carbons (Fsp3) is 0.600. The van der Waals surface area contributed by atoms with Crippen molar-refractivity contribution in [3.8, 4) is 0 Å². The zero-order valence-electron chi connectivity index (χ0n) is 8.54. The van der Waals surface area contributed by atoms with E-state index in [9.17, 15) is 9.59 Å².